The van der Waals surface area contributed by atoms with Crippen molar-refractivity contribution in [2.24, 2.45) is 0 Å². The topological polar surface area (TPSA) is 49.0 Å². The summed E-state index contributed by atoms with van der Waals surface area (Å²) in [5.41, 5.74) is 3.23. The summed E-state index contributed by atoms with van der Waals surface area (Å²) in [4.78, 5) is 0. The van der Waals surface area contributed by atoms with Gasteiger partial charge in [-0.2, -0.15) is 26.3 Å². The highest BCUT2D eigenvalue weighted by Crippen LogP contribution is 2.35. The first-order valence-electron chi connectivity index (χ1n) is 23.4. The second kappa shape index (κ2) is 28.8. The molecule has 0 saturated carbocycles. The van der Waals surface area contributed by atoms with Crippen molar-refractivity contribution in [2.45, 2.75) is 118 Å². The minimum absolute atomic E-state index is 0.0222. The van der Waals surface area contributed by atoms with Crippen molar-refractivity contribution in [1.82, 2.24) is 5.32 Å². The number of rotatable bonds is 17. The number of aryl methyl sites for hydroxylation is 1. The summed E-state index contributed by atoms with van der Waals surface area (Å²) < 4.78 is 141. The molecule has 1 unspecified atom stereocenters. The highest BCUT2D eigenvalue weighted by atomic mass is 19.4. The Kier molecular flexibility index (Phi) is 24.1. The van der Waals surface area contributed by atoms with Gasteiger partial charge in [-0.1, -0.05) is 128 Å². The van der Waals surface area contributed by atoms with Crippen molar-refractivity contribution >= 4 is 0 Å². The minimum atomic E-state index is -4.44. The van der Waals surface area contributed by atoms with Gasteiger partial charge in [0.15, 0.2) is 0 Å². The summed E-state index contributed by atoms with van der Waals surface area (Å²) in [5.74, 6) is 1.59. The van der Waals surface area contributed by atoms with Gasteiger partial charge in [0.25, 0.3) is 0 Å². The SMILES string of the molecule is CC.CC(C)c1ccc(F)cc1OCCOCCNC(C1=CCCC=C1)C(F)(F)F.CC(C)c1ccc(F)cc1OCc1ccccc1C(F)(F)F.Cc1ccc(F)cc1Oc1ccccc1C(C)C. The summed E-state index contributed by atoms with van der Waals surface area (Å²) in [6.07, 6.45) is -2.53. The Morgan fingerprint density at radius 2 is 1.10 bits per heavy atom. The Morgan fingerprint density at radius 3 is 1.66 bits per heavy atom. The normalized spacial score (nSPS) is 12.8. The second-order valence-electron chi connectivity index (χ2n) is 16.9. The van der Waals surface area contributed by atoms with Crippen LogP contribution in [0.25, 0.3) is 0 Å². The van der Waals surface area contributed by atoms with E-state index >= 15 is 0 Å². The number of alkyl halides is 6. The van der Waals surface area contributed by atoms with E-state index in [-0.39, 0.29) is 73.3 Å². The Hall–Kier alpha value is -5.73. The third-order valence-electron chi connectivity index (χ3n) is 10.6. The Labute approximate surface area is 407 Å². The van der Waals surface area contributed by atoms with Crippen LogP contribution in [0.5, 0.6) is 23.0 Å². The van der Waals surface area contributed by atoms with E-state index in [4.69, 9.17) is 18.9 Å². The number of hydrogen-bond acceptors (Lipinski definition) is 5. The fourth-order valence-corrected chi connectivity index (χ4v) is 7.01. The molecular formula is C56H66F9NO4. The predicted molar refractivity (Wildman–Crippen MR) is 260 cm³/mol. The van der Waals surface area contributed by atoms with Crippen LogP contribution in [0, 0.1) is 24.4 Å². The molecule has 5 nitrogen and oxygen atoms in total. The lowest BCUT2D eigenvalue weighted by Crippen LogP contribution is -2.45. The predicted octanol–water partition coefficient (Wildman–Crippen LogP) is 16.8. The Bertz CT molecular complexity index is 2410. The van der Waals surface area contributed by atoms with Gasteiger partial charge < -0.3 is 24.3 Å². The van der Waals surface area contributed by atoms with E-state index in [9.17, 15) is 39.5 Å². The number of allylic oxidation sites excluding steroid dienone is 2. The molecule has 5 aromatic carbocycles. The molecule has 5 aromatic rings. The van der Waals surface area contributed by atoms with Crippen molar-refractivity contribution < 1.29 is 58.5 Å². The van der Waals surface area contributed by atoms with E-state index in [1.165, 1.54) is 60.7 Å². The first-order chi connectivity index (χ1) is 33.1. The molecule has 0 aliphatic heterocycles. The van der Waals surface area contributed by atoms with E-state index in [1.807, 2.05) is 72.7 Å². The number of para-hydroxylation sites is 1. The largest absolute Gasteiger partial charge is 0.491 e. The highest BCUT2D eigenvalue weighted by molar-refractivity contribution is 5.43. The van der Waals surface area contributed by atoms with E-state index in [1.54, 1.807) is 30.4 Å². The van der Waals surface area contributed by atoms with Gasteiger partial charge in [0.2, 0.25) is 0 Å². The fourth-order valence-electron chi connectivity index (χ4n) is 7.01. The lowest BCUT2D eigenvalue weighted by Gasteiger charge is -2.24. The molecule has 0 radical (unpaired) electrons. The molecule has 6 rings (SSSR count). The number of halogens is 9. The van der Waals surface area contributed by atoms with Gasteiger partial charge in [0.05, 0.1) is 18.8 Å². The van der Waals surface area contributed by atoms with Crippen LogP contribution in [0.4, 0.5) is 39.5 Å². The second-order valence-corrected chi connectivity index (χ2v) is 16.9. The Balaban J connectivity index is 0.000000279. The van der Waals surface area contributed by atoms with Crippen LogP contribution < -0.4 is 19.5 Å². The highest BCUT2D eigenvalue weighted by Gasteiger charge is 2.41. The van der Waals surface area contributed by atoms with Gasteiger partial charge in [-0.25, -0.2) is 13.2 Å². The molecule has 0 bridgehead atoms. The van der Waals surface area contributed by atoms with Gasteiger partial charge in [0, 0.05) is 30.3 Å². The molecule has 0 amide bonds. The van der Waals surface area contributed by atoms with Crippen molar-refractivity contribution in [1.29, 1.82) is 0 Å². The molecule has 0 spiro atoms. The van der Waals surface area contributed by atoms with E-state index in [0.29, 0.717) is 23.8 Å². The molecule has 14 heteroatoms. The van der Waals surface area contributed by atoms with E-state index in [2.05, 4.69) is 19.2 Å². The van der Waals surface area contributed by atoms with Crippen LogP contribution in [-0.2, 0) is 17.5 Å². The van der Waals surface area contributed by atoms with Crippen LogP contribution in [0.3, 0.4) is 0 Å². The average Bonchev–Trinajstić information content (AvgIpc) is 3.31. The summed E-state index contributed by atoms with van der Waals surface area (Å²) in [6.45, 7) is 18.2. The molecular weight excluding hydrogens is 922 g/mol. The summed E-state index contributed by atoms with van der Waals surface area (Å²) >= 11 is 0. The third-order valence-corrected chi connectivity index (χ3v) is 10.6. The zero-order valence-corrected chi connectivity index (χ0v) is 41.3. The lowest BCUT2D eigenvalue weighted by molar-refractivity contribution is -0.146. The van der Waals surface area contributed by atoms with Crippen LogP contribution >= 0.6 is 0 Å². The first-order valence-corrected chi connectivity index (χ1v) is 23.4. The van der Waals surface area contributed by atoms with E-state index < -0.39 is 29.8 Å². The van der Waals surface area contributed by atoms with Crippen LogP contribution in [0.15, 0.2) is 127 Å². The maximum atomic E-state index is 13.4. The van der Waals surface area contributed by atoms with Crippen LogP contribution in [0.2, 0.25) is 0 Å². The molecule has 0 saturated heterocycles. The molecule has 70 heavy (non-hydrogen) atoms. The summed E-state index contributed by atoms with van der Waals surface area (Å²) in [7, 11) is 0. The molecule has 0 aromatic heterocycles. The van der Waals surface area contributed by atoms with Crippen LogP contribution in [0.1, 0.15) is 119 Å². The van der Waals surface area contributed by atoms with Crippen molar-refractivity contribution in [3.63, 3.8) is 0 Å². The maximum Gasteiger partial charge on any atom is 0.416 e. The number of nitrogens with one attached hydrogen (secondary N) is 1. The fraction of sp³-hybridized carbons (Fsp3) is 0.393. The van der Waals surface area contributed by atoms with Gasteiger partial charge in [-0.3, -0.25) is 0 Å². The average molecular weight is 988 g/mol. The molecule has 1 N–H and O–H groups in total. The molecule has 0 heterocycles. The monoisotopic (exact) mass is 987 g/mol. The first kappa shape index (κ1) is 58.6. The molecule has 382 valence electrons. The molecule has 1 atom stereocenters. The van der Waals surface area contributed by atoms with E-state index in [0.717, 1.165) is 40.5 Å². The van der Waals surface area contributed by atoms with Crippen molar-refractivity contribution in [2.75, 3.05) is 26.4 Å². The minimum Gasteiger partial charge on any atom is -0.491 e. The third kappa shape index (κ3) is 19.2. The van der Waals surface area contributed by atoms with Gasteiger partial charge in [0.1, 0.15) is 59.7 Å². The quantitative estimate of drug-likeness (QED) is 0.0743. The molecule has 1 aliphatic rings. The molecule has 1 aliphatic carbocycles. The standard InChI is InChI=1S/C21H27F4NO2.C17H16F4O.C16H17FO.C2H6/c1-15(2)18-9-8-17(22)14-19(18)28-13-12-27-11-10-26-20(21(23,24)25)16-6-4-3-5-7-16;1-11(2)14-8-7-13(18)9-16(14)22-10-12-5-3-4-6-15(12)17(19,20)21;1-11(2)14-6-4-5-7-15(14)18-16-10-13(17)9-8-12(16)3;1-2/h4,6-9,14-15,20,26H,3,5,10-13H2,1-2H3;3-9,11H,10H2,1-2H3;4-11H,1-3H3;1-2H3. The zero-order chi connectivity index (χ0) is 52.0. The van der Waals surface area contributed by atoms with Gasteiger partial charge in [-0.15, -0.1) is 0 Å². The maximum absolute atomic E-state index is 13.4. The number of hydrogen-bond donors (Lipinski definition) is 1. The Morgan fingerprint density at radius 1 is 0.571 bits per heavy atom. The van der Waals surface area contributed by atoms with Gasteiger partial charge in [-0.05, 0) is 95.7 Å². The number of ether oxygens (including phenoxy) is 4. The summed E-state index contributed by atoms with van der Waals surface area (Å²) in [5, 5.41) is 2.51. The lowest BCUT2D eigenvalue weighted by atomic mass is 10.00. The van der Waals surface area contributed by atoms with Crippen LogP contribution in [-0.4, -0.2) is 38.6 Å². The van der Waals surface area contributed by atoms with Crippen molar-refractivity contribution in [3.05, 3.63) is 178 Å². The summed E-state index contributed by atoms with van der Waals surface area (Å²) in [6, 6.07) is 24.5. The zero-order valence-electron chi connectivity index (χ0n) is 41.3. The smallest absolute Gasteiger partial charge is 0.416 e. The van der Waals surface area contributed by atoms with Crippen molar-refractivity contribution in [3.8, 4) is 23.0 Å². The number of benzene rings is 5. The van der Waals surface area contributed by atoms with Gasteiger partial charge >= 0.3 is 12.4 Å². The molecule has 0 fully saturated rings.